The number of aliphatic imine (C=N–C) groups is 1. The molecule has 0 spiro atoms. The summed E-state index contributed by atoms with van der Waals surface area (Å²) in [4.78, 5) is 35.2. The van der Waals surface area contributed by atoms with Crippen LogP contribution >= 0.6 is 11.6 Å². The number of pyridine rings is 1. The fourth-order valence-electron chi connectivity index (χ4n) is 4.52. The molecule has 10 nitrogen and oxygen atoms in total. The van der Waals surface area contributed by atoms with Crippen molar-refractivity contribution in [2.24, 2.45) is 4.99 Å². The Bertz CT molecular complexity index is 1730. The highest BCUT2D eigenvalue weighted by Gasteiger charge is 2.22. The number of carbonyl (C=O) groups excluding carboxylic acids is 2. The number of hydrogen-bond donors (Lipinski definition) is 2. The van der Waals surface area contributed by atoms with Crippen LogP contribution in [-0.2, 0) is 16.0 Å². The zero-order valence-corrected chi connectivity index (χ0v) is 25.6. The number of nitriles is 1. The molecule has 3 aromatic carbocycles. The monoisotopic (exact) mass is 648 g/mol. The molecule has 0 bridgehead atoms. The minimum absolute atomic E-state index is 0.0139. The van der Waals surface area contributed by atoms with Crippen molar-refractivity contribution in [2.75, 3.05) is 25.5 Å². The van der Waals surface area contributed by atoms with E-state index in [0.717, 1.165) is 0 Å². The molecule has 238 valence electrons. The van der Waals surface area contributed by atoms with E-state index < -0.39 is 23.8 Å². The van der Waals surface area contributed by atoms with Gasteiger partial charge in [-0.1, -0.05) is 41.9 Å². The third-order valence-electron chi connectivity index (χ3n) is 7.00. The van der Waals surface area contributed by atoms with Gasteiger partial charge in [-0.25, -0.2) is 18.6 Å². The van der Waals surface area contributed by atoms with Crippen LogP contribution in [0.5, 0.6) is 5.75 Å². The Morgan fingerprint density at radius 2 is 1.89 bits per heavy atom. The molecule has 0 fully saturated rings. The van der Waals surface area contributed by atoms with Crippen LogP contribution in [0, 0.1) is 23.1 Å². The number of benzene rings is 3. The maximum Gasteiger partial charge on any atom is 0.412 e. The smallest absolute Gasteiger partial charge is 0.412 e. The van der Waals surface area contributed by atoms with Gasteiger partial charge in [-0.05, 0) is 72.7 Å². The Hall–Kier alpha value is -5.28. The molecule has 0 radical (unpaired) electrons. The molecule has 13 heteroatoms. The minimum atomic E-state index is -0.807. The van der Waals surface area contributed by atoms with Crippen LogP contribution in [0.15, 0.2) is 84.0 Å². The van der Waals surface area contributed by atoms with Crippen molar-refractivity contribution in [3.63, 3.8) is 0 Å². The van der Waals surface area contributed by atoms with Crippen LogP contribution in [0.4, 0.5) is 19.4 Å². The van der Waals surface area contributed by atoms with Crippen LogP contribution in [-0.4, -0.2) is 54.1 Å². The summed E-state index contributed by atoms with van der Waals surface area (Å²) in [5.74, 6) is -0.584. The number of carbonyl (C=O) groups is 2. The molecule has 0 saturated carbocycles. The van der Waals surface area contributed by atoms with Gasteiger partial charge in [0.2, 0.25) is 12.1 Å². The van der Waals surface area contributed by atoms with E-state index >= 15 is 0 Å². The summed E-state index contributed by atoms with van der Waals surface area (Å²) >= 11 is 6.06. The fourth-order valence-corrected chi connectivity index (χ4v) is 4.74. The van der Waals surface area contributed by atoms with E-state index in [4.69, 9.17) is 26.3 Å². The topological polar surface area (TPSA) is 129 Å². The maximum atomic E-state index is 13.9. The highest BCUT2D eigenvalue weighted by Crippen LogP contribution is 2.22. The van der Waals surface area contributed by atoms with Gasteiger partial charge in [0.15, 0.2) is 0 Å². The van der Waals surface area contributed by atoms with Crippen LogP contribution in [0.2, 0.25) is 5.02 Å². The number of aryl methyl sites for hydroxylation is 1. The van der Waals surface area contributed by atoms with E-state index in [1.165, 1.54) is 41.4 Å². The van der Waals surface area contributed by atoms with E-state index in [2.05, 4.69) is 20.6 Å². The predicted molar refractivity (Wildman–Crippen MR) is 170 cm³/mol. The number of likely N-dealkylation sites (N-methyl/N-ethyl adjacent to an activating group) is 1. The molecule has 1 atom stereocenters. The molecule has 0 aliphatic heterocycles. The second-order valence-electron chi connectivity index (χ2n) is 10.2. The summed E-state index contributed by atoms with van der Waals surface area (Å²) in [7, 11) is 1.59. The number of aromatic nitrogens is 1. The first-order chi connectivity index (χ1) is 22.2. The average Bonchev–Trinajstić information content (AvgIpc) is 3.05. The number of fused-ring (bicyclic) bond motifs is 1. The summed E-state index contributed by atoms with van der Waals surface area (Å²) in [5, 5.41) is 15.8. The lowest BCUT2D eigenvalue weighted by Gasteiger charge is -2.28. The number of rotatable bonds is 12. The van der Waals surface area contributed by atoms with E-state index in [0.29, 0.717) is 41.5 Å². The predicted octanol–water partition coefficient (Wildman–Crippen LogP) is 6.46. The lowest BCUT2D eigenvalue weighted by Crippen LogP contribution is -2.41. The van der Waals surface area contributed by atoms with Crippen molar-refractivity contribution in [1.29, 1.82) is 5.26 Å². The van der Waals surface area contributed by atoms with Gasteiger partial charge in [0.1, 0.15) is 29.8 Å². The summed E-state index contributed by atoms with van der Waals surface area (Å²) in [6.07, 6.45) is 3.52. The Kier molecular flexibility index (Phi) is 12.2. The molecule has 1 heterocycles. The number of ether oxygens (including phenoxy) is 2. The molecule has 46 heavy (non-hydrogen) atoms. The first-order valence-corrected chi connectivity index (χ1v) is 14.7. The summed E-state index contributed by atoms with van der Waals surface area (Å²) in [6, 6.07) is 18.5. The summed E-state index contributed by atoms with van der Waals surface area (Å²) in [6.45, 7) is 0.172. The lowest BCUT2D eigenvalue weighted by molar-refractivity contribution is -0.132. The quantitative estimate of drug-likeness (QED) is 0.0781. The maximum absolute atomic E-state index is 13.9. The number of nitrogens with zero attached hydrogens (tertiary/aromatic N) is 4. The molecule has 2 N–H and O–H groups in total. The molecule has 4 rings (SSSR count). The molecule has 2 amide bonds. The number of amides is 2. The molecule has 0 saturated heterocycles. The number of anilines is 1. The van der Waals surface area contributed by atoms with E-state index in [1.54, 1.807) is 49.6 Å². The molecule has 0 aliphatic carbocycles. The third kappa shape index (κ3) is 9.87. The Morgan fingerprint density at radius 1 is 1.09 bits per heavy atom. The molecular weight excluding hydrogens is 618 g/mol. The van der Waals surface area contributed by atoms with Crippen LogP contribution < -0.4 is 15.4 Å². The van der Waals surface area contributed by atoms with Gasteiger partial charge in [-0.3, -0.25) is 10.1 Å². The van der Waals surface area contributed by atoms with Gasteiger partial charge in [0.05, 0.1) is 11.1 Å². The van der Waals surface area contributed by atoms with Crippen LogP contribution in [0.1, 0.15) is 24.8 Å². The summed E-state index contributed by atoms with van der Waals surface area (Å²) in [5.41, 5.74) is 0.505. The Balaban J connectivity index is 1.37. The summed E-state index contributed by atoms with van der Waals surface area (Å²) < 4.78 is 38.6. The Labute approximate surface area is 269 Å². The van der Waals surface area contributed by atoms with Crippen molar-refractivity contribution in [1.82, 2.24) is 15.2 Å². The molecule has 1 aromatic heterocycles. The highest BCUT2D eigenvalue weighted by molar-refractivity contribution is 6.31. The average molecular weight is 649 g/mol. The normalized spacial score (nSPS) is 11.8. The largest absolute Gasteiger partial charge is 0.447 e. The minimum Gasteiger partial charge on any atom is -0.447 e. The van der Waals surface area contributed by atoms with Crippen LogP contribution in [0.3, 0.4) is 0 Å². The first-order valence-electron chi connectivity index (χ1n) is 14.3. The van der Waals surface area contributed by atoms with Crippen LogP contribution in [0.25, 0.3) is 10.8 Å². The van der Waals surface area contributed by atoms with Gasteiger partial charge >= 0.3 is 12.1 Å². The first kappa shape index (κ1) is 33.6. The van der Waals surface area contributed by atoms with Crippen molar-refractivity contribution in [3.8, 4) is 11.9 Å². The SMILES string of the molecule is CN(C(=O)CCc1cccc(F)c1Cl)[C@@H](CCCNC(=NC#N)Oc1ccccc1)COC(=O)Nc1cc2cc(F)ccc2cn1. The van der Waals surface area contributed by atoms with Crippen molar-refractivity contribution in [2.45, 2.75) is 31.7 Å². The standard InChI is InChI=1S/C33H31ClF2N6O4/c1-42(30(43)15-13-22-7-5-11-28(36)31(22)34)26(8-6-16-38-32(40-21-37)46-27-9-3-2-4-10-27)20-45-33(44)41-29-18-24-17-25(35)14-12-23(24)19-39-29/h2-5,7,9-12,14,17-19,26H,6,8,13,15-16,20H2,1H3,(H,38,40)(H,39,41,44)/t26-/m0/s1. The third-order valence-corrected chi connectivity index (χ3v) is 7.42. The number of amidine groups is 1. The lowest BCUT2D eigenvalue weighted by atomic mass is 10.1. The van der Waals surface area contributed by atoms with Crippen molar-refractivity contribution >= 4 is 46.2 Å². The second kappa shape index (κ2) is 16.7. The van der Waals surface area contributed by atoms with Gasteiger partial charge < -0.3 is 19.7 Å². The van der Waals surface area contributed by atoms with Crippen molar-refractivity contribution < 1.29 is 27.8 Å². The number of nitrogens with one attached hydrogen (secondary N) is 2. The highest BCUT2D eigenvalue weighted by atomic mass is 35.5. The van der Waals surface area contributed by atoms with Gasteiger partial charge in [-0.2, -0.15) is 5.26 Å². The van der Waals surface area contributed by atoms with Gasteiger partial charge in [0.25, 0.3) is 0 Å². The molecule has 0 unspecified atom stereocenters. The zero-order valence-electron chi connectivity index (χ0n) is 24.9. The molecule has 0 aliphatic rings. The number of hydrogen-bond acceptors (Lipinski definition) is 7. The van der Waals surface area contributed by atoms with E-state index in [-0.39, 0.29) is 42.2 Å². The Morgan fingerprint density at radius 3 is 2.67 bits per heavy atom. The van der Waals surface area contributed by atoms with E-state index in [1.807, 2.05) is 6.07 Å². The van der Waals surface area contributed by atoms with Gasteiger partial charge in [0, 0.05) is 31.6 Å². The number of para-hydroxylation sites is 1. The second-order valence-corrected chi connectivity index (χ2v) is 10.5. The fraction of sp³-hybridized carbons (Fsp3) is 0.242. The van der Waals surface area contributed by atoms with E-state index in [9.17, 15) is 18.4 Å². The number of halogens is 3. The zero-order chi connectivity index (χ0) is 32.9. The molecular formula is C33H31ClF2N6O4. The molecule has 4 aromatic rings. The van der Waals surface area contributed by atoms with Crippen molar-refractivity contribution in [3.05, 3.63) is 101 Å². The van der Waals surface area contributed by atoms with Gasteiger partial charge in [-0.15, -0.1) is 4.99 Å².